The van der Waals surface area contributed by atoms with Gasteiger partial charge in [0.05, 0.1) is 6.61 Å². The lowest BCUT2D eigenvalue weighted by Crippen LogP contribution is -2.50. The molecule has 2 atom stereocenters. The van der Waals surface area contributed by atoms with Crippen LogP contribution < -0.4 is 5.32 Å². The van der Waals surface area contributed by atoms with E-state index < -0.39 is 0 Å². The fourth-order valence-corrected chi connectivity index (χ4v) is 3.15. The second-order valence-corrected chi connectivity index (χ2v) is 6.04. The summed E-state index contributed by atoms with van der Waals surface area (Å²) in [4.78, 5) is 2.58. The Morgan fingerprint density at radius 3 is 3.00 bits per heavy atom. The van der Waals surface area contributed by atoms with Crippen LogP contribution in [-0.4, -0.2) is 61.8 Å². The molecular formula is C12H26N2OS. The van der Waals surface area contributed by atoms with Crippen LogP contribution in [0.25, 0.3) is 0 Å². The molecule has 0 radical (unpaired) electrons. The van der Waals surface area contributed by atoms with Crippen LogP contribution in [0.15, 0.2) is 0 Å². The van der Waals surface area contributed by atoms with E-state index in [0.29, 0.717) is 6.04 Å². The van der Waals surface area contributed by atoms with Gasteiger partial charge in [-0.1, -0.05) is 13.8 Å². The molecule has 1 heterocycles. The van der Waals surface area contributed by atoms with Crippen LogP contribution in [0.3, 0.4) is 0 Å². The summed E-state index contributed by atoms with van der Waals surface area (Å²) in [5.41, 5.74) is 0. The van der Waals surface area contributed by atoms with Crippen LogP contribution in [0.4, 0.5) is 0 Å². The highest BCUT2D eigenvalue weighted by atomic mass is 32.2. The molecule has 3 nitrogen and oxygen atoms in total. The standard InChI is InChI=1S/C12H26N2OS/c1-4-5-13-8-12(10-15-3)14-6-7-16-11(2)9-14/h11-13H,4-10H2,1-3H3. The van der Waals surface area contributed by atoms with E-state index in [9.17, 15) is 0 Å². The third kappa shape index (κ3) is 5.04. The molecule has 1 saturated heterocycles. The summed E-state index contributed by atoms with van der Waals surface area (Å²) < 4.78 is 5.33. The van der Waals surface area contributed by atoms with Gasteiger partial charge in [0.25, 0.3) is 0 Å². The fraction of sp³-hybridized carbons (Fsp3) is 1.00. The number of ether oxygens (including phenoxy) is 1. The lowest BCUT2D eigenvalue weighted by Gasteiger charge is -2.36. The van der Waals surface area contributed by atoms with Gasteiger partial charge < -0.3 is 10.1 Å². The molecule has 4 heteroatoms. The Morgan fingerprint density at radius 1 is 1.56 bits per heavy atom. The van der Waals surface area contributed by atoms with Crippen molar-refractivity contribution in [3.8, 4) is 0 Å². The molecule has 0 aliphatic carbocycles. The Bertz CT molecular complexity index is 180. The molecule has 0 amide bonds. The minimum Gasteiger partial charge on any atom is -0.383 e. The molecule has 96 valence electrons. The molecule has 1 rings (SSSR count). The monoisotopic (exact) mass is 246 g/mol. The van der Waals surface area contributed by atoms with Gasteiger partial charge in [0.2, 0.25) is 0 Å². The molecular weight excluding hydrogens is 220 g/mol. The van der Waals surface area contributed by atoms with Gasteiger partial charge in [0, 0.05) is 43.8 Å². The summed E-state index contributed by atoms with van der Waals surface area (Å²) in [6.07, 6.45) is 1.20. The van der Waals surface area contributed by atoms with Crippen molar-refractivity contribution in [2.24, 2.45) is 0 Å². The first kappa shape index (κ1) is 14.3. The predicted molar refractivity (Wildman–Crippen MR) is 72.3 cm³/mol. The molecule has 1 fully saturated rings. The first-order valence-electron chi connectivity index (χ1n) is 6.33. The maximum absolute atomic E-state index is 5.33. The van der Waals surface area contributed by atoms with Gasteiger partial charge in [-0.2, -0.15) is 11.8 Å². The number of nitrogens with zero attached hydrogens (tertiary/aromatic N) is 1. The molecule has 0 bridgehead atoms. The maximum atomic E-state index is 5.33. The van der Waals surface area contributed by atoms with Crippen LogP contribution in [0.1, 0.15) is 20.3 Å². The minimum absolute atomic E-state index is 0.542. The summed E-state index contributed by atoms with van der Waals surface area (Å²) >= 11 is 2.08. The van der Waals surface area contributed by atoms with E-state index in [1.165, 1.54) is 25.3 Å². The van der Waals surface area contributed by atoms with Crippen molar-refractivity contribution in [2.75, 3.05) is 45.6 Å². The SMILES string of the molecule is CCCNCC(COC)N1CCSC(C)C1. The average Bonchev–Trinajstić information content (AvgIpc) is 2.28. The highest BCUT2D eigenvalue weighted by molar-refractivity contribution is 7.99. The molecule has 0 saturated carbocycles. The van der Waals surface area contributed by atoms with Crippen molar-refractivity contribution in [3.63, 3.8) is 0 Å². The molecule has 0 spiro atoms. The van der Waals surface area contributed by atoms with E-state index in [2.05, 4.69) is 35.8 Å². The zero-order valence-electron chi connectivity index (χ0n) is 10.9. The van der Waals surface area contributed by atoms with E-state index in [0.717, 1.165) is 24.9 Å². The van der Waals surface area contributed by atoms with Crippen molar-refractivity contribution in [3.05, 3.63) is 0 Å². The minimum atomic E-state index is 0.542. The number of hydrogen-bond acceptors (Lipinski definition) is 4. The predicted octanol–water partition coefficient (Wildman–Crippen LogP) is 1.44. The Kier molecular flexibility index (Phi) is 7.45. The first-order valence-corrected chi connectivity index (χ1v) is 7.38. The van der Waals surface area contributed by atoms with Crippen LogP contribution in [0.2, 0.25) is 0 Å². The molecule has 1 N–H and O–H groups in total. The molecule has 2 unspecified atom stereocenters. The Hall–Kier alpha value is 0.230. The van der Waals surface area contributed by atoms with Crippen molar-refractivity contribution in [1.82, 2.24) is 10.2 Å². The summed E-state index contributed by atoms with van der Waals surface area (Å²) in [6, 6.07) is 0.542. The van der Waals surface area contributed by atoms with Gasteiger partial charge in [-0.3, -0.25) is 4.90 Å². The highest BCUT2D eigenvalue weighted by Crippen LogP contribution is 2.19. The average molecular weight is 246 g/mol. The number of methoxy groups -OCH3 is 1. The zero-order valence-corrected chi connectivity index (χ0v) is 11.7. The number of hydrogen-bond donors (Lipinski definition) is 1. The third-order valence-electron chi connectivity index (χ3n) is 2.95. The lowest BCUT2D eigenvalue weighted by molar-refractivity contribution is 0.0920. The zero-order chi connectivity index (χ0) is 11.8. The third-order valence-corrected chi connectivity index (χ3v) is 4.09. The van der Waals surface area contributed by atoms with E-state index >= 15 is 0 Å². The molecule has 0 aromatic carbocycles. The van der Waals surface area contributed by atoms with Crippen LogP contribution in [-0.2, 0) is 4.74 Å². The summed E-state index contributed by atoms with van der Waals surface area (Å²) in [5, 5.41) is 4.27. The normalized spacial score (nSPS) is 24.6. The largest absolute Gasteiger partial charge is 0.383 e. The van der Waals surface area contributed by atoms with Gasteiger partial charge in [-0.15, -0.1) is 0 Å². The smallest absolute Gasteiger partial charge is 0.0630 e. The van der Waals surface area contributed by atoms with Crippen molar-refractivity contribution >= 4 is 11.8 Å². The van der Waals surface area contributed by atoms with Gasteiger partial charge in [-0.25, -0.2) is 0 Å². The number of thioether (sulfide) groups is 1. The Balaban J connectivity index is 2.34. The maximum Gasteiger partial charge on any atom is 0.0630 e. The van der Waals surface area contributed by atoms with Crippen molar-refractivity contribution in [1.29, 1.82) is 0 Å². The van der Waals surface area contributed by atoms with Gasteiger partial charge in [0.1, 0.15) is 0 Å². The Labute approximate surface area is 104 Å². The number of rotatable bonds is 7. The highest BCUT2D eigenvalue weighted by Gasteiger charge is 2.23. The van der Waals surface area contributed by atoms with Gasteiger partial charge >= 0.3 is 0 Å². The summed E-state index contributed by atoms with van der Waals surface area (Å²) in [5.74, 6) is 1.26. The number of nitrogens with one attached hydrogen (secondary N) is 1. The lowest BCUT2D eigenvalue weighted by atomic mass is 10.2. The van der Waals surface area contributed by atoms with E-state index in [1.807, 2.05) is 0 Å². The Morgan fingerprint density at radius 2 is 2.38 bits per heavy atom. The first-order chi connectivity index (χ1) is 7.77. The van der Waals surface area contributed by atoms with E-state index in [1.54, 1.807) is 7.11 Å². The second-order valence-electron chi connectivity index (χ2n) is 4.49. The van der Waals surface area contributed by atoms with E-state index in [-0.39, 0.29) is 0 Å². The topological polar surface area (TPSA) is 24.5 Å². The van der Waals surface area contributed by atoms with Crippen molar-refractivity contribution < 1.29 is 4.74 Å². The van der Waals surface area contributed by atoms with Crippen molar-refractivity contribution in [2.45, 2.75) is 31.6 Å². The van der Waals surface area contributed by atoms with Gasteiger partial charge in [0.15, 0.2) is 0 Å². The summed E-state index contributed by atoms with van der Waals surface area (Å²) in [7, 11) is 1.80. The quantitative estimate of drug-likeness (QED) is 0.687. The van der Waals surface area contributed by atoms with Gasteiger partial charge in [-0.05, 0) is 13.0 Å². The van der Waals surface area contributed by atoms with E-state index in [4.69, 9.17) is 4.74 Å². The molecule has 1 aliphatic rings. The van der Waals surface area contributed by atoms with Crippen LogP contribution in [0, 0.1) is 0 Å². The van der Waals surface area contributed by atoms with Crippen LogP contribution in [0.5, 0.6) is 0 Å². The molecule has 0 aromatic rings. The molecule has 16 heavy (non-hydrogen) atoms. The second kappa shape index (κ2) is 8.34. The molecule has 0 aromatic heterocycles. The fourth-order valence-electron chi connectivity index (χ4n) is 2.11. The summed E-state index contributed by atoms with van der Waals surface area (Å²) in [6.45, 7) is 9.94. The van der Waals surface area contributed by atoms with Crippen LogP contribution >= 0.6 is 11.8 Å². The molecule has 1 aliphatic heterocycles.